The molecule has 0 bridgehead atoms. The maximum atomic E-state index is 12.1. The number of nitrogens with one attached hydrogen (secondary N) is 6. The van der Waals surface area contributed by atoms with Gasteiger partial charge in [0, 0.05) is 75.4 Å². The first-order chi connectivity index (χ1) is 31.7. The molecular weight excluding hydrogens is 841 g/mol. The van der Waals surface area contributed by atoms with E-state index in [4.69, 9.17) is 63.5 Å². The fraction of sp³-hybridized carbons (Fsp3) is 0.375. The first-order valence-corrected chi connectivity index (χ1v) is 21.9. The van der Waals surface area contributed by atoms with Crippen LogP contribution in [0, 0.1) is 21.6 Å². The SMILES string of the molecule is CC(=O)N(CCCOc1ccc(C(=N)N)cc1)CCN(CCCOc1ccc(C(=N)N)cc1)C(C)=O.N=C(N)c1ccc(OCCCNCCNCCCOc2ccc(C(=N)N)cc2)cc1. The molecule has 0 aromatic heterocycles. The van der Waals surface area contributed by atoms with Crippen LogP contribution in [-0.4, -0.2) is 124 Å². The number of nitrogen functional groups attached to an aromatic ring is 4. The van der Waals surface area contributed by atoms with Gasteiger partial charge >= 0.3 is 0 Å². The van der Waals surface area contributed by atoms with E-state index in [1.54, 1.807) is 82.6 Å². The van der Waals surface area contributed by atoms with Crippen LogP contribution in [0.15, 0.2) is 97.1 Å². The Labute approximate surface area is 388 Å². The lowest BCUT2D eigenvalue weighted by molar-refractivity contribution is -0.133. The molecule has 0 saturated carbocycles. The van der Waals surface area contributed by atoms with Gasteiger partial charge in [-0.25, -0.2) is 0 Å². The highest BCUT2D eigenvalue weighted by Gasteiger charge is 2.14. The van der Waals surface area contributed by atoms with E-state index in [9.17, 15) is 9.59 Å². The molecule has 0 aliphatic rings. The smallest absolute Gasteiger partial charge is 0.219 e. The molecule has 0 aliphatic heterocycles. The second-order valence-corrected chi connectivity index (χ2v) is 15.1. The minimum Gasteiger partial charge on any atom is -0.494 e. The maximum Gasteiger partial charge on any atom is 0.219 e. The monoisotopic (exact) mass is 909 g/mol. The Hall–Kier alpha value is -7.18. The Morgan fingerprint density at radius 2 is 0.652 bits per heavy atom. The molecule has 4 aromatic rings. The van der Waals surface area contributed by atoms with Crippen LogP contribution in [0.1, 0.15) is 61.8 Å². The summed E-state index contributed by atoms with van der Waals surface area (Å²) in [5, 5.41) is 36.3. The highest BCUT2D eigenvalue weighted by molar-refractivity contribution is 5.96. The molecule has 0 atom stereocenters. The van der Waals surface area contributed by atoms with Crippen molar-refractivity contribution in [1.82, 2.24) is 20.4 Å². The fourth-order valence-corrected chi connectivity index (χ4v) is 6.11. The van der Waals surface area contributed by atoms with E-state index in [2.05, 4.69) is 10.6 Å². The Morgan fingerprint density at radius 1 is 0.409 bits per heavy atom. The zero-order valence-electron chi connectivity index (χ0n) is 38.2. The van der Waals surface area contributed by atoms with Gasteiger partial charge in [-0.3, -0.25) is 31.2 Å². The third-order valence-corrected chi connectivity index (χ3v) is 9.89. The van der Waals surface area contributed by atoms with Crippen molar-refractivity contribution < 1.29 is 28.5 Å². The van der Waals surface area contributed by atoms with E-state index in [0.29, 0.717) is 99.2 Å². The van der Waals surface area contributed by atoms with Gasteiger partial charge in [0.05, 0.1) is 26.4 Å². The van der Waals surface area contributed by atoms with Crippen LogP contribution in [0.4, 0.5) is 0 Å². The van der Waals surface area contributed by atoms with Gasteiger partial charge in [-0.1, -0.05) is 0 Å². The molecule has 356 valence electrons. The third-order valence-electron chi connectivity index (χ3n) is 9.89. The number of amides is 2. The molecule has 0 heterocycles. The maximum absolute atomic E-state index is 12.1. The first-order valence-electron chi connectivity index (χ1n) is 21.9. The van der Waals surface area contributed by atoms with Crippen LogP contribution in [-0.2, 0) is 9.59 Å². The number of nitrogens with two attached hydrogens (primary N) is 4. The lowest BCUT2D eigenvalue weighted by Crippen LogP contribution is -2.41. The van der Waals surface area contributed by atoms with Crippen LogP contribution >= 0.6 is 0 Å². The summed E-state index contributed by atoms with van der Waals surface area (Å²) in [5.74, 6) is 2.96. The number of rotatable bonds is 30. The average molecular weight is 909 g/mol. The highest BCUT2D eigenvalue weighted by atomic mass is 16.5. The largest absolute Gasteiger partial charge is 0.494 e. The Morgan fingerprint density at radius 3 is 0.879 bits per heavy atom. The fourth-order valence-electron chi connectivity index (χ4n) is 6.11. The van der Waals surface area contributed by atoms with Gasteiger partial charge in [-0.05, 0) is 136 Å². The summed E-state index contributed by atoms with van der Waals surface area (Å²) in [7, 11) is 0. The number of ether oxygens (including phenoxy) is 4. The van der Waals surface area contributed by atoms with Gasteiger partial charge in [0.15, 0.2) is 0 Å². The summed E-state index contributed by atoms with van der Waals surface area (Å²) < 4.78 is 22.8. The lowest BCUT2D eigenvalue weighted by Gasteiger charge is -2.26. The quantitative estimate of drug-likeness (QED) is 0.0203. The van der Waals surface area contributed by atoms with Crippen molar-refractivity contribution in [2.24, 2.45) is 22.9 Å². The topological polar surface area (TPSA) is 301 Å². The first kappa shape index (κ1) is 53.2. The van der Waals surface area contributed by atoms with E-state index in [-0.39, 0.29) is 35.2 Å². The van der Waals surface area contributed by atoms with Gasteiger partial charge in [0.2, 0.25) is 11.8 Å². The average Bonchev–Trinajstić information content (AvgIpc) is 3.30. The number of benzene rings is 4. The lowest BCUT2D eigenvalue weighted by atomic mass is 10.2. The van der Waals surface area contributed by atoms with E-state index >= 15 is 0 Å². The van der Waals surface area contributed by atoms with Gasteiger partial charge in [0.1, 0.15) is 46.3 Å². The second-order valence-electron chi connectivity index (χ2n) is 15.1. The van der Waals surface area contributed by atoms with Gasteiger partial charge in [-0.15, -0.1) is 0 Å². The van der Waals surface area contributed by atoms with Gasteiger partial charge < -0.3 is 62.3 Å². The van der Waals surface area contributed by atoms with Gasteiger partial charge in [-0.2, -0.15) is 0 Å². The van der Waals surface area contributed by atoms with Crippen LogP contribution in [0.5, 0.6) is 23.0 Å². The number of carbonyl (C=O) groups is 2. The zero-order chi connectivity index (χ0) is 48.1. The van der Waals surface area contributed by atoms with Gasteiger partial charge in [0.25, 0.3) is 0 Å². The van der Waals surface area contributed by atoms with E-state index in [1.807, 2.05) is 24.3 Å². The summed E-state index contributed by atoms with van der Waals surface area (Å²) in [5.41, 5.74) is 24.4. The normalized spacial score (nSPS) is 10.5. The molecule has 0 saturated heterocycles. The van der Waals surface area contributed by atoms with E-state index < -0.39 is 0 Å². The molecule has 0 unspecified atom stereocenters. The molecular formula is C48H68N12O6. The van der Waals surface area contributed by atoms with Crippen LogP contribution in [0.25, 0.3) is 0 Å². The predicted octanol–water partition coefficient (Wildman–Crippen LogP) is 3.86. The number of carbonyl (C=O) groups excluding carboxylic acids is 2. The van der Waals surface area contributed by atoms with Crippen molar-refractivity contribution in [2.75, 3.05) is 78.8 Å². The van der Waals surface area contributed by atoms with Crippen molar-refractivity contribution in [3.63, 3.8) is 0 Å². The number of amidine groups is 4. The zero-order valence-corrected chi connectivity index (χ0v) is 38.2. The Kier molecular flexibility index (Phi) is 24.2. The molecule has 0 radical (unpaired) electrons. The van der Waals surface area contributed by atoms with Crippen molar-refractivity contribution in [1.29, 1.82) is 21.6 Å². The molecule has 4 aromatic carbocycles. The number of hydrogen-bond donors (Lipinski definition) is 10. The standard InChI is InChI=1S/C26H36N6O4.C22H32N6O2/c1-19(33)31(13-3-17-35-23-9-5-21(6-10-23)25(27)28)15-16-32(20(2)34)14-4-18-36-24-11-7-22(8-12-24)26(29)30;23-21(24)17-3-7-19(8-4-17)29-15-1-11-27-13-14-28-12-2-16-30-20-9-5-18(6-10-20)22(25)26/h5-12H,3-4,13-18H2,1-2H3,(H3,27,28)(H3,29,30);3-10,27-28H,1-2,11-16H2,(H3,23,24)(H3,25,26). The van der Waals surface area contributed by atoms with E-state index in [0.717, 1.165) is 50.5 Å². The second kappa shape index (κ2) is 30.0. The Bertz CT molecular complexity index is 1950. The number of nitrogens with zero attached hydrogens (tertiary/aromatic N) is 2. The molecule has 0 aliphatic carbocycles. The summed E-state index contributed by atoms with van der Waals surface area (Å²) in [6, 6.07) is 28.4. The highest BCUT2D eigenvalue weighted by Crippen LogP contribution is 2.15. The third kappa shape index (κ3) is 21.5. The minimum absolute atomic E-state index is 0.00576. The van der Waals surface area contributed by atoms with Crippen molar-refractivity contribution in [3.05, 3.63) is 119 Å². The predicted molar refractivity (Wildman–Crippen MR) is 261 cm³/mol. The molecule has 2 amide bonds. The minimum atomic E-state index is -0.0540. The summed E-state index contributed by atoms with van der Waals surface area (Å²) in [4.78, 5) is 27.6. The molecule has 4 rings (SSSR count). The molecule has 0 fully saturated rings. The molecule has 18 nitrogen and oxygen atoms in total. The number of hydrogen-bond acceptors (Lipinski definition) is 12. The van der Waals surface area contributed by atoms with Crippen LogP contribution < -0.4 is 52.5 Å². The van der Waals surface area contributed by atoms with Crippen molar-refractivity contribution in [3.8, 4) is 23.0 Å². The molecule has 0 spiro atoms. The molecule has 18 heteroatoms. The summed E-state index contributed by atoms with van der Waals surface area (Å²) in [6.07, 6.45) is 3.13. The Balaban J connectivity index is 0.000000356. The van der Waals surface area contributed by atoms with Crippen molar-refractivity contribution >= 4 is 35.2 Å². The summed E-state index contributed by atoms with van der Waals surface area (Å²) >= 11 is 0. The van der Waals surface area contributed by atoms with Crippen LogP contribution in [0.2, 0.25) is 0 Å². The molecule has 14 N–H and O–H groups in total. The molecule has 66 heavy (non-hydrogen) atoms. The van der Waals surface area contributed by atoms with E-state index in [1.165, 1.54) is 13.8 Å². The van der Waals surface area contributed by atoms with Crippen LogP contribution in [0.3, 0.4) is 0 Å². The van der Waals surface area contributed by atoms with Crippen molar-refractivity contribution in [2.45, 2.75) is 39.5 Å². The summed E-state index contributed by atoms with van der Waals surface area (Å²) in [6.45, 7) is 10.7.